The Morgan fingerprint density at radius 3 is 2.61 bits per heavy atom. The van der Waals surface area contributed by atoms with Gasteiger partial charge in [-0.05, 0) is 75.0 Å². The Morgan fingerprint density at radius 1 is 1.03 bits per heavy atom. The predicted octanol–water partition coefficient (Wildman–Crippen LogP) is 4.57. The summed E-state index contributed by atoms with van der Waals surface area (Å²) in [5.74, 6) is 2.11. The van der Waals surface area contributed by atoms with Gasteiger partial charge in [0.15, 0.2) is 12.1 Å². The molecule has 0 radical (unpaired) electrons. The lowest BCUT2D eigenvalue weighted by Gasteiger charge is -2.32. The molecule has 8 heteroatoms. The van der Waals surface area contributed by atoms with Gasteiger partial charge in [-0.1, -0.05) is 18.2 Å². The third-order valence-electron chi connectivity index (χ3n) is 8.17. The normalized spacial score (nSPS) is 20.7. The van der Waals surface area contributed by atoms with Crippen LogP contribution < -0.4 is 10.2 Å². The number of Topliss-reactive ketones (excluding diaryl/α,β-unsaturated/α-hetero) is 1. The predicted molar refractivity (Wildman–Crippen MR) is 147 cm³/mol. The highest BCUT2D eigenvalue weighted by Crippen LogP contribution is 2.33. The van der Waals surface area contributed by atoms with E-state index >= 15 is 0 Å². The Bertz CT molecular complexity index is 1210. The zero-order valence-corrected chi connectivity index (χ0v) is 22.2. The highest BCUT2D eigenvalue weighted by molar-refractivity contribution is 5.96. The summed E-state index contributed by atoms with van der Waals surface area (Å²) in [6, 6.07) is 8.80. The van der Waals surface area contributed by atoms with Crippen LogP contribution in [-0.4, -0.2) is 59.5 Å². The molecule has 3 fully saturated rings. The molecule has 3 aromatic rings. The van der Waals surface area contributed by atoms with Gasteiger partial charge in [0.2, 0.25) is 5.95 Å². The molecule has 0 amide bonds. The highest BCUT2D eigenvalue weighted by atomic mass is 16.7. The number of hydrogen-bond acceptors (Lipinski definition) is 7. The standard InChI is InChI=1S/C30H39N5O3/c36-28(21-38-29-7-3-4-14-37-29)24-17-32-30(33-18-24)34-12-10-22(11-13-34)15-31-16-25-20-35(19-23-8-9-23)27-6-2-1-5-26(25)27/h1-2,5-6,17-18,20,22-23,29,31H,3-4,7-16,19,21H2. The average Bonchev–Trinajstić information content (AvgIpc) is 3.73. The first-order valence-electron chi connectivity index (χ1n) is 14.3. The number of para-hydroxylation sites is 1. The van der Waals surface area contributed by atoms with E-state index < -0.39 is 0 Å². The summed E-state index contributed by atoms with van der Waals surface area (Å²) in [6.45, 7) is 5.66. The van der Waals surface area contributed by atoms with Crippen LogP contribution in [0.5, 0.6) is 0 Å². The van der Waals surface area contributed by atoms with Gasteiger partial charge in [0.05, 0.1) is 5.56 Å². The molecule has 38 heavy (non-hydrogen) atoms. The lowest BCUT2D eigenvalue weighted by molar-refractivity contribution is -0.155. The maximum absolute atomic E-state index is 12.5. The molecule has 6 rings (SSSR count). The number of fused-ring (bicyclic) bond motifs is 1. The molecule has 0 bridgehead atoms. The molecule has 1 atom stereocenters. The first-order chi connectivity index (χ1) is 18.7. The fraction of sp³-hybridized carbons (Fsp3) is 0.567. The van der Waals surface area contributed by atoms with E-state index in [1.54, 1.807) is 12.4 Å². The number of aromatic nitrogens is 3. The van der Waals surface area contributed by atoms with E-state index in [1.807, 2.05) is 0 Å². The number of carbonyl (C=O) groups is 1. The Labute approximate surface area is 224 Å². The van der Waals surface area contributed by atoms with Crippen molar-refractivity contribution in [3.8, 4) is 0 Å². The van der Waals surface area contributed by atoms with Crippen LogP contribution in [0.3, 0.4) is 0 Å². The molecular weight excluding hydrogens is 478 g/mol. The molecule has 2 saturated heterocycles. The third-order valence-corrected chi connectivity index (χ3v) is 8.17. The lowest BCUT2D eigenvalue weighted by Crippen LogP contribution is -2.38. The van der Waals surface area contributed by atoms with Gasteiger partial charge in [-0.2, -0.15) is 0 Å². The van der Waals surface area contributed by atoms with Crippen molar-refractivity contribution in [2.45, 2.75) is 64.3 Å². The van der Waals surface area contributed by atoms with Gasteiger partial charge in [-0.15, -0.1) is 0 Å². The second-order valence-electron chi connectivity index (χ2n) is 11.1. The third kappa shape index (κ3) is 6.25. The Morgan fingerprint density at radius 2 is 1.84 bits per heavy atom. The average molecular weight is 518 g/mol. The summed E-state index contributed by atoms with van der Waals surface area (Å²) in [5, 5.41) is 5.11. The van der Waals surface area contributed by atoms with Crippen LogP contribution in [-0.2, 0) is 22.6 Å². The monoisotopic (exact) mass is 517 g/mol. The lowest BCUT2D eigenvalue weighted by atomic mass is 9.97. The van der Waals surface area contributed by atoms with E-state index in [0.717, 1.165) is 70.7 Å². The number of ketones is 1. The van der Waals surface area contributed by atoms with Gasteiger partial charge >= 0.3 is 0 Å². The number of piperidine rings is 1. The summed E-state index contributed by atoms with van der Waals surface area (Å²) in [7, 11) is 0. The molecule has 1 N–H and O–H groups in total. The van der Waals surface area contributed by atoms with E-state index in [4.69, 9.17) is 9.47 Å². The number of nitrogens with zero attached hydrogens (tertiary/aromatic N) is 4. The van der Waals surface area contributed by atoms with E-state index in [1.165, 1.54) is 29.3 Å². The van der Waals surface area contributed by atoms with E-state index in [2.05, 4.69) is 55.2 Å². The van der Waals surface area contributed by atoms with Crippen molar-refractivity contribution >= 4 is 22.6 Å². The highest BCUT2D eigenvalue weighted by Gasteiger charge is 2.24. The van der Waals surface area contributed by atoms with Crippen molar-refractivity contribution in [2.24, 2.45) is 11.8 Å². The van der Waals surface area contributed by atoms with Gasteiger partial charge in [-0.3, -0.25) is 4.79 Å². The molecule has 2 aromatic heterocycles. The first kappa shape index (κ1) is 25.5. The fourth-order valence-electron chi connectivity index (χ4n) is 5.66. The van der Waals surface area contributed by atoms with Crippen molar-refractivity contribution in [2.75, 3.05) is 37.7 Å². The van der Waals surface area contributed by atoms with Gasteiger partial charge in [0.1, 0.15) is 6.61 Å². The summed E-state index contributed by atoms with van der Waals surface area (Å²) < 4.78 is 13.6. The van der Waals surface area contributed by atoms with Crippen LogP contribution in [0.1, 0.15) is 60.9 Å². The van der Waals surface area contributed by atoms with Gasteiger partial charge in [-0.25, -0.2) is 9.97 Å². The van der Waals surface area contributed by atoms with Crippen LogP contribution in [0.15, 0.2) is 42.9 Å². The number of rotatable bonds is 11. The van der Waals surface area contributed by atoms with Gasteiger partial charge < -0.3 is 24.3 Å². The quantitative estimate of drug-likeness (QED) is 0.373. The largest absolute Gasteiger partial charge is 0.353 e. The van der Waals surface area contributed by atoms with Gasteiger partial charge in [0, 0.05) is 62.3 Å². The van der Waals surface area contributed by atoms with Crippen molar-refractivity contribution in [1.29, 1.82) is 0 Å². The van der Waals surface area contributed by atoms with Crippen LogP contribution in [0.2, 0.25) is 0 Å². The minimum absolute atomic E-state index is 0.00675. The molecule has 1 aliphatic carbocycles. The van der Waals surface area contributed by atoms with Crippen LogP contribution in [0.25, 0.3) is 10.9 Å². The number of carbonyl (C=O) groups excluding carboxylic acids is 1. The van der Waals surface area contributed by atoms with Crippen LogP contribution in [0.4, 0.5) is 5.95 Å². The van der Waals surface area contributed by atoms with Crippen molar-refractivity contribution < 1.29 is 14.3 Å². The Kier molecular flexibility index (Phi) is 7.99. The zero-order chi connectivity index (χ0) is 25.7. The molecule has 1 saturated carbocycles. The second kappa shape index (κ2) is 11.9. The maximum atomic E-state index is 12.5. The minimum atomic E-state index is -0.267. The minimum Gasteiger partial charge on any atom is -0.353 e. The van der Waals surface area contributed by atoms with Crippen molar-refractivity contribution in [1.82, 2.24) is 19.9 Å². The van der Waals surface area contributed by atoms with Crippen molar-refractivity contribution in [3.05, 3.63) is 54.0 Å². The number of nitrogens with one attached hydrogen (secondary N) is 1. The van der Waals surface area contributed by atoms with Crippen molar-refractivity contribution in [3.63, 3.8) is 0 Å². The molecular formula is C30H39N5O3. The molecule has 8 nitrogen and oxygen atoms in total. The summed E-state index contributed by atoms with van der Waals surface area (Å²) in [5.41, 5.74) is 3.25. The zero-order valence-electron chi connectivity index (χ0n) is 22.2. The van der Waals surface area contributed by atoms with Crippen LogP contribution in [0, 0.1) is 11.8 Å². The topological polar surface area (TPSA) is 81.5 Å². The number of ether oxygens (including phenoxy) is 2. The molecule has 1 aromatic carbocycles. The molecule has 202 valence electrons. The van der Waals surface area contributed by atoms with Crippen LogP contribution >= 0.6 is 0 Å². The molecule has 2 aliphatic heterocycles. The van der Waals surface area contributed by atoms with E-state index in [9.17, 15) is 4.79 Å². The smallest absolute Gasteiger partial charge is 0.225 e. The summed E-state index contributed by atoms with van der Waals surface area (Å²) in [6.07, 6.45) is 13.3. The molecule has 4 heterocycles. The summed E-state index contributed by atoms with van der Waals surface area (Å²) >= 11 is 0. The summed E-state index contributed by atoms with van der Waals surface area (Å²) in [4.78, 5) is 23.7. The number of benzene rings is 1. The number of anilines is 1. The fourth-order valence-corrected chi connectivity index (χ4v) is 5.66. The molecule has 0 spiro atoms. The SMILES string of the molecule is O=C(COC1CCCCO1)c1cnc(N2CCC(CNCc3cn(CC4CC4)c4ccccc34)CC2)nc1. The molecule has 1 unspecified atom stereocenters. The second-order valence-corrected chi connectivity index (χ2v) is 11.1. The molecule has 3 aliphatic rings. The Hall–Kier alpha value is -2.81. The Balaban J connectivity index is 0.947. The maximum Gasteiger partial charge on any atom is 0.225 e. The van der Waals surface area contributed by atoms with E-state index in [-0.39, 0.29) is 18.7 Å². The first-order valence-corrected chi connectivity index (χ1v) is 14.3. The van der Waals surface area contributed by atoms with E-state index in [0.29, 0.717) is 24.0 Å². The number of hydrogen-bond donors (Lipinski definition) is 1. The van der Waals surface area contributed by atoms with Gasteiger partial charge in [0.25, 0.3) is 0 Å².